The number of aryl methyl sites for hydroxylation is 1. The topological polar surface area (TPSA) is 103 Å². The van der Waals surface area contributed by atoms with Crippen LogP contribution in [0.2, 0.25) is 0 Å². The van der Waals surface area contributed by atoms with E-state index in [1.807, 2.05) is 0 Å². The Balaban J connectivity index is 2.78. The molecule has 18 heavy (non-hydrogen) atoms. The third-order valence-electron chi connectivity index (χ3n) is 2.47. The number of hydrogen-bond acceptors (Lipinski definition) is 5. The molecule has 6 heteroatoms. The summed E-state index contributed by atoms with van der Waals surface area (Å²) in [5.74, 6) is -1.65. The molecule has 0 unspecified atom stereocenters. The predicted octanol–water partition coefficient (Wildman–Crippen LogP) is 1.24. The Hall–Kier alpha value is -2.11. The van der Waals surface area contributed by atoms with Crippen LogP contribution in [0, 0.1) is 12.3 Å². The summed E-state index contributed by atoms with van der Waals surface area (Å²) < 4.78 is 4.97. The third-order valence-corrected chi connectivity index (χ3v) is 2.47. The van der Waals surface area contributed by atoms with Crippen LogP contribution in [0.15, 0.2) is 12.3 Å². The van der Waals surface area contributed by atoms with Crippen molar-refractivity contribution in [1.82, 2.24) is 4.98 Å². The zero-order valence-electron chi connectivity index (χ0n) is 10.6. The second kappa shape index (κ2) is 5.03. The molecule has 6 nitrogen and oxygen atoms in total. The quantitative estimate of drug-likeness (QED) is 0.781. The number of hydrogen-bond donors (Lipinski definition) is 2. The number of esters is 1. The molecule has 0 saturated carbocycles. The Morgan fingerprint density at radius 3 is 2.67 bits per heavy atom. The van der Waals surface area contributed by atoms with E-state index in [1.165, 1.54) is 26.1 Å². The molecular formula is C12H16N2O4. The van der Waals surface area contributed by atoms with Crippen LogP contribution >= 0.6 is 0 Å². The predicted molar refractivity (Wildman–Crippen MR) is 65.1 cm³/mol. The van der Waals surface area contributed by atoms with Crippen molar-refractivity contribution in [3.05, 3.63) is 23.5 Å². The molecule has 0 amide bonds. The van der Waals surface area contributed by atoms with Crippen LogP contribution in [-0.4, -0.2) is 28.6 Å². The minimum atomic E-state index is -1.13. The number of pyridine rings is 1. The summed E-state index contributed by atoms with van der Waals surface area (Å²) in [7, 11) is 0. The van der Waals surface area contributed by atoms with E-state index < -0.39 is 17.4 Å². The molecule has 0 saturated heterocycles. The Morgan fingerprint density at radius 2 is 2.11 bits per heavy atom. The molecule has 1 aromatic heterocycles. The maximum Gasteiger partial charge on any atom is 0.340 e. The number of ether oxygens (including phenoxy) is 1. The molecule has 0 spiro atoms. The molecular weight excluding hydrogens is 236 g/mol. The van der Waals surface area contributed by atoms with Crippen molar-refractivity contribution >= 4 is 17.6 Å². The summed E-state index contributed by atoms with van der Waals surface area (Å²) in [6.45, 7) is 4.40. The van der Waals surface area contributed by atoms with E-state index in [2.05, 4.69) is 4.98 Å². The van der Waals surface area contributed by atoms with Crippen molar-refractivity contribution in [3.8, 4) is 0 Å². The molecule has 0 aliphatic carbocycles. The maximum absolute atomic E-state index is 11.8. The van der Waals surface area contributed by atoms with E-state index in [1.54, 1.807) is 6.92 Å². The Bertz CT molecular complexity index is 483. The number of aromatic nitrogens is 1. The fourth-order valence-corrected chi connectivity index (χ4v) is 1.14. The van der Waals surface area contributed by atoms with Gasteiger partial charge >= 0.3 is 11.9 Å². The highest BCUT2D eigenvalue weighted by molar-refractivity contribution is 5.91. The standard InChI is InChI=1S/C12H16N2O4/c1-7-9(4-8(13)5-14-7)10(15)18-6-12(2,3)11(16)17/h4-5H,6,13H2,1-3H3,(H,16,17). The number of nitrogens with zero attached hydrogens (tertiary/aromatic N) is 1. The van der Waals surface area contributed by atoms with Gasteiger partial charge in [0.05, 0.1) is 28.6 Å². The van der Waals surface area contributed by atoms with E-state index in [0.29, 0.717) is 11.4 Å². The van der Waals surface area contributed by atoms with Crippen molar-refractivity contribution in [2.75, 3.05) is 12.3 Å². The van der Waals surface area contributed by atoms with Gasteiger partial charge in [-0.2, -0.15) is 0 Å². The van der Waals surface area contributed by atoms with Crippen molar-refractivity contribution in [2.45, 2.75) is 20.8 Å². The highest BCUT2D eigenvalue weighted by Gasteiger charge is 2.29. The highest BCUT2D eigenvalue weighted by atomic mass is 16.5. The Kier molecular flexibility index (Phi) is 3.90. The molecule has 0 bridgehead atoms. The van der Waals surface area contributed by atoms with Crippen LogP contribution < -0.4 is 5.73 Å². The summed E-state index contributed by atoms with van der Waals surface area (Å²) in [6, 6.07) is 1.46. The first kappa shape index (κ1) is 14.0. The molecule has 3 N–H and O–H groups in total. The van der Waals surface area contributed by atoms with Gasteiger partial charge in [-0.1, -0.05) is 0 Å². The highest BCUT2D eigenvalue weighted by Crippen LogP contribution is 2.17. The van der Waals surface area contributed by atoms with Gasteiger partial charge in [0.1, 0.15) is 6.61 Å². The van der Waals surface area contributed by atoms with Gasteiger partial charge in [-0.15, -0.1) is 0 Å². The number of nitrogens with two attached hydrogens (primary N) is 1. The molecule has 0 aliphatic rings. The minimum absolute atomic E-state index is 0.213. The molecule has 0 fully saturated rings. The molecule has 1 heterocycles. The number of carbonyl (C=O) groups excluding carboxylic acids is 1. The lowest BCUT2D eigenvalue weighted by molar-refractivity contribution is -0.149. The normalized spacial score (nSPS) is 11.1. The van der Waals surface area contributed by atoms with Crippen LogP contribution in [0.4, 0.5) is 5.69 Å². The summed E-state index contributed by atoms with van der Waals surface area (Å²) in [6.07, 6.45) is 1.44. The van der Waals surface area contributed by atoms with Gasteiger partial charge in [-0.3, -0.25) is 9.78 Å². The average Bonchev–Trinajstić information content (AvgIpc) is 2.29. The second-order valence-corrected chi connectivity index (χ2v) is 4.67. The lowest BCUT2D eigenvalue weighted by Gasteiger charge is -2.18. The SMILES string of the molecule is Cc1ncc(N)cc1C(=O)OCC(C)(C)C(=O)O. The summed E-state index contributed by atoms with van der Waals surface area (Å²) >= 11 is 0. The van der Waals surface area contributed by atoms with Gasteiger partial charge in [0, 0.05) is 0 Å². The summed E-state index contributed by atoms with van der Waals surface area (Å²) in [4.78, 5) is 26.6. The fraction of sp³-hybridized carbons (Fsp3) is 0.417. The Morgan fingerprint density at radius 1 is 1.50 bits per heavy atom. The molecule has 0 radical (unpaired) electrons. The average molecular weight is 252 g/mol. The molecule has 98 valence electrons. The lowest BCUT2D eigenvalue weighted by Crippen LogP contribution is -2.30. The first-order valence-corrected chi connectivity index (χ1v) is 5.36. The number of rotatable bonds is 4. The zero-order chi connectivity index (χ0) is 13.9. The molecule has 0 atom stereocenters. The van der Waals surface area contributed by atoms with Gasteiger partial charge < -0.3 is 15.6 Å². The van der Waals surface area contributed by atoms with Crippen LogP contribution in [0.1, 0.15) is 29.9 Å². The smallest absolute Gasteiger partial charge is 0.340 e. The second-order valence-electron chi connectivity index (χ2n) is 4.67. The molecule has 1 rings (SSSR count). The van der Waals surface area contributed by atoms with Crippen molar-refractivity contribution in [1.29, 1.82) is 0 Å². The lowest BCUT2D eigenvalue weighted by atomic mass is 9.95. The maximum atomic E-state index is 11.8. The van der Waals surface area contributed by atoms with Gasteiger partial charge in [-0.25, -0.2) is 4.79 Å². The van der Waals surface area contributed by atoms with Gasteiger partial charge in [0.25, 0.3) is 0 Å². The number of nitrogen functional groups attached to an aromatic ring is 1. The summed E-state index contributed by atoms with van der Waals surface area (Å²) in [5.41, 5.74) is 5.49. The van der Waals surface area contributed by atoms with Crippen molar-refractivity contribution in [3.63, 3.8) is 0 Å². The van der Waals surface area contributed by atoms with E-state index in [-0.39, 0.29) is 12.2 Å². The first-order valence-electron chi connectivity index (χ1n) is 5.36. The summed E-state index contributed by atoms with van der Waals surface area (Å²) in [5, 5.41) is 8.90. The monoisotopic (exact) mass is 252 g/mol. The number of carboxylic acid groups (broad SMARTS) is 1. The first-order chi connectivity index (χ1) is 8.24. The number of anilines is 1. The van der Waals surface area contributed by atoms with E-state index in [4.69, 9.17) is 15.6 Å². The van der Waals surface area contributed by atoms with Crippen molar-refractivity contribution < 1.29 is 19.4 Å². The largest absolute Gasteiger partial charge is 0.481 e. The number of carbonyl (C=O) groups is 2. The van der Waals surface area contributed by atoms with Crippen LogP contribution in [0.5, 0.6) is 0 Å². The molecule has 0 aliphatic heterocycles. The van der Waals surface area contributed by atoms with Gasteiger partial charge in [0.15, 0.2) is 0 Å². The van der Waals surface area contributed by atoms with Gasteiger partial charge in [-0.05, 0) is 26.8 Å². The number of aliphatic carboxylic acids is 1. The number of carboxylic acids is 1. The van der Waals surface area contributed by atoms with Gasteiger partial charge in [0.2, 0.25) is 0 Å². The van der Waals surface area contributed by atoms with Crippen LogP contribution in [0.25, 0.3) is 0 Å². The third kappa shape index (κ3) is 3.19. The van der Waals surface area contributed by atoms with E-state index >= 15 is 0 Å². The Labute approximate surface area is 105 Å². The van der Waals surface area contributed by atoms with Crippen LogP contribution in [-0.2, 0) is 9.53 Å². The zero-order valence-corrected chi connectivity index (χ0v) is 10.6. The van der Waals surface area contributed by atoms with E-state index in [9.17, 15) is 9.59 Å². The fourth-order valence-electron chi connectivity index (χ4n) is 1.14. The van der Waals surface area contributed by atoms with Crippen molar-refractivity contribution in [2.24, 2.45) is 5.41 Å². The molecule has 1 aromatic rings. The molecule has 0 aromatic carbocycles. The van der Waals surface area contributed by atoms with Crippen LogP contribution in [0.3, 0.4) is 0 Å². The minimum Gasteiger partial charge on any atom is -0.481 e. The van der Waals surface area contributed by atoms with E-state index in [0.717, 1.165) is 0 Å².